The quantitative estimate of drug-likeness (QED) is 0.505. The van der Waals surface area contributed by atoms with Gasteiger partial charge in [-0.1, -0.05) is 42.5 Å². The van der Waals surface area contributed by atoms with Crippen molar-refractivity contribution in [2.75, 3.05) is 0 Å². The normalized spacial score (nSPS) is 10.9. The molecule has 0 atom stereocenters. The third kappa shape index (κ3) is 4.54. The Kier molecular flexibility index (Phi) is 5.68. The van der Waals surface area contributed by atoms with E-state index in [2.05, 4.69) is 5.32 Å². The van der Waals surface area contributed by atoms with Gasteiger partial charge in [0.05, 0.1) is 5.56 Å². The number of rotatable bonds is 6. The number of carboxylic acid groups (broad SMARTS) is 1. The molecule has 1 aromatic heterocycles. The lowest BCUT2D eigenvalue weighted by molar-refractivity contribution is -0.117. The van der Waals surface area contributed by atoms with E-state index in [9.17, 15) is 14.9 Å². The first-order chi connectivity index (χ1) is 13.6. The summed E-state index contributed by atoms with van der Waals surface area (Å²) in [7, 11) is 0. The van der Waals surface area contributed by atoms with Crippen LogP contribution >= 0.6 is 0 Å². The molecule has 0 aliphatic rings. The summed E-state index contributed by atoms with van der Waals surface area (Å²) < 4.78 is 5.66. The van der Waals surface area contributed by atoms with E-state index in [1.807, 2.05) is 36.4 Å². The van der Waals surface area contributed by atoms with Gasteiger partial charge in [-0.05, 0) is 29.8 Å². The average molecular weight is 372 g/mol. The van der Waals surface area contributed by atoms with Gasteiger partial charge in [0.15, 0.2) is 0 Å². The van der Waals surface area contributed by atoms with E-state index < -0.39 is 11.9 Å². The zero-order valence-corrected chi connectivity index (χ0v) is 14.8. The average Bonchev–Trinajstić information content (AvgIpc) is 3.19. The van der Waals surface area contributed by atoms with Gasteiger partial charge in [0.25, 0.3) is 5.91 Å². The third-order valence-electron chi connectivity index (χ3n) is 3.99. The minimum Gasteiger partial charge on any atom is -0.478 e. The number of hydrogen-bond donors (Lipinski definition) is 2. The third-order valence-corrected chi connectivity index (χ3v) is 3.99. The van der Waals surface area contributed by atoms with Crippen molar-refractivity contribution in [1.82, 2.24) is 5.32 Å². The molecule has 6 nitrogen and oxygen atoms in total. The van der Waals surface area contributed by atoms with Crippen molar-refractivity contribution in [3.63, 3.8) is 0 Å². The molecule has 0 saturated heterocycles. The summed E-state index contributed by atoms with van der Waals surface area (Å²) in [6.07, 6.45) is 1.37. The molecule has 0 spiro atoms. The molecular weight excluding hydrogens is 356 g/mol. The van der Waals surface area contributed by atoms with E-state index >= 15 is 0 Å². The first-order valence-electron chi connectivity index (χ1n) is 8.44. The largest absolute Gasteiger partial charge is 0.478 e. The van der Waals surface area contributed by atoms with Crippen LogP contribution in [0.2, 0.25) is 0 Å². The zero-order valence-electron chi connectivity index (χ0n) is 14.8. The molecule has 28 heavy (non-hydrogen) atoms. The number of hydrogen-bond acceptors (Lipinski definition) is 4. The van der Waals surface area contributed by atoms with Crippen LogP contribution in [0, 0.1) is 11.3 Å². The molecule has 6 heteroatoms. The highest BCUT2D eigenvalue weighted by atomic mass is 16.4. The van der Waals surface area contributed by atoms with Gasteiger partial charge in [0, 0.05) is 18.2 Å². The van der Waals surface area contributed by atoms with E-state index in [-0.39, 0.29) is 11.1 Å². The number of carbonyl (C=O) groups excluding carboxylic acids is 1. The minimum atomic E-state index is -1.00. The second-order valence-corrected chi connectivity index (χ2v) is 5.92. The fraction of sp³-hybridized carbons (Fsp3) is 0.0455. The van der Waals surface area contributed by atoms with Crippen LogP contribution in [0.25, 0.3) is 17.4 Å². The Morgan fingerprint density at radius 3 is 2.39 bits per heavy atom. The summed E-state index contributed by atoms with van der Waals surface area (Å²) in [4.78, 5) is 23.1. The molecule has 1 amide bonds. The van der Waals surface area contributed by atoms with Crippen molar-refractivity contribution in [2.45, 2.75) is 6.54 Å². The number of nitrogens with zero attached hydrogens (tertiary/aromatic N) is 1. The van der Waals surface area contributed by atoms with Gasteiger partial charge in [0.1, 0.15) is 23.2 Å². The molecule has 3 aromatic rings. The van der Waals surface area contributed by atoms with Crippen LogP contribution in [0.15, 0.2) is 76.7 Å². The second kappa shape index (κ2) is 8.52. The maximum Gasteiger partial charge on any atom is 0.335 e. The van der Waals surface area contributed by atoms with E-state index in [4.69, 9.17) is 9.52 Å². The molecule has 0 fully saturated rings. The van der Waals surface area contributed by atoms with Crippen LogP contribution in [-0.4, -0.2) is 17.0 Å². The predicted octanol–water partition coefficient (Wildman–Crippen LogP) is 3.87. The summed E-state index contributed by atoms with van der Waals surface area (Å²) in [5.41, 5.74) is 1.73. The monoisotopic (exact) mass is 372 g/mol. The van der Waals surface area contributed by atoms with E-state index in [1.54, 1.807) is 24.3 Å². The number of carboxylic acids is 1. The summed E-state index contributed by atoms with van der Waals surface area (Å²) in [5.74, 6) is -0.640. The molecule has 3 rings (SSSR count). The van der Waals surface area contributed by atoms with E-state index in [0.717, 1.165) is 5.56 Å². The van der Waals surface area contributed by atoms with Gasteiger partial charge in [-0.2, -0.15) is 5.26 Å². The van der Waals surface area contributed by atoms with Crippen molar-refractivity contribution in [3.8, 4) is 17.4 Å². The molecule has 138 valence electrons. The molecule has 0 aliphatic heterocycles. The topological polar surface area (TPSA) is 103 Å². The van der Waals surface area contributed by atoms with Crippen LogP contribution in [0.5, 0.6) is 0 Å². The van der Waals surface area contributed by atoms with Crippen molar-refractivity contribution in [1.29, 1.82) is 5.26 Å². The molecule has 2 aromatic carbocycles. The lowest BCUT2D eigenvalue weighted by atomic mass is 10.1. The van der Waals surface area contributed by atoms with Gasteiger partial charge in [-0.3, -0.25) is 4.79 Å². The van der Waals surface area contributed by atoms with E-state index in [1.165, 1.54) is 18.2 Å². The van der Waals surface area contributed by atoms with Crippen LogP contribution in [0.3, 0.4) is 0 Å². The first-order valence-corrected chi connectivity index (χ1v) is 8.44. The summed E-state index contributed by atoms with van der Waals surface area (Å²) in [5, 5.41) is 20.9. The molecule has 2 N–H and O–H groups in total. The van der Waals surface area contributed by atoms with Gasteiger partial charge in [-0.15, -0.1) is 0 Å². The highest BCUT2D eigenvalue weighted by Crippen LogP contribution is 2.24. The smallest absolute Gasteiger partial charge is 0.335 e. The summed E-state index contributed by atoms with van der Waals surface area (Å²) in [6, 6.07) is 20.8. The molecular formula is C22H16N2O4. The van der Waals surface area contributed by atoms with Crippen molar-refractivity contribution < 1.29 is 19.1 Å². The maximum atomic E-state index is 12.2. The van der Waals surface area contributed by atoms with Crippen LogP contribution < -0.4 is 5.32 Å². The second-order valence-electron chi connectivity index (χ2n) is 5.92. The number of nitrogens with one attached hydrogen (secondary N) is 1. The summed E-state index contributed by atoms with van der Waals surface area (Å²) in [6.45, 7) is 0.317. The predicted molar refractivity (Wildman–Crippen MR) is 103 cm³/mol. The molecule has 0 bridgehead atoms. The Morgan fingerprint density at radius 2 is 1.75 bits per heavy atom. The van der Waals surface area contributed by atoms with Gasteiger partial charge < -0.3 is 14.8 Å². The number of aromatic carboxylic acids is 1. The number of furan rings is 1. The highest BCUT2D eigenvalue weighted by molar-refractivity contribution is 6.01. The van der Waals surface area contributed by atoms with Crippen molar-refractivity contribution >= 4 is 18.0 Å². The first kappa shape index (κ1) is 18.7. The Bertz CT molecular complexity index is 1060. The van der Waals surface area contributed by atoms with Crippen molar-refractivity contribution in [3.05, 3.63) is 89.2 Å². The molecule has 0 aliphatic carbocycles. The number of nitriles is 1. The fourth-order valence-corrected chi connectivity index (χ4v) is 2.53. The number of carbonyl (C=O) groups is 2. The molecule has 0 saturated carbocycles. The zero-order chi connectivity index (χ0) is 19.9. The standard InChI is InChI=1S/C22H16N2O4/c23-13-18(21(25)24-14-15-4-2-1-3-5-15)12-19-10-11-20(28-19)16-6-8-17(9-7-16)22(26)27/h1-12H,14H2,(H,24,25)(H,26,27). The minimum absolute atomic E-state index is 0.0712. The van der Waals surface area contributed by atoms with E-state index in [0.29, 0.717) is 23.6 Å². The van der Waals surface area contributed by atoms with Gasteiger partial charge >= 0.3 is 5.97 Å². The van der Waals surface area contributed by atoms with Crippen LogP contribution in [0.1, 0.15) is 21.7 Å². The Balaban J connectivity index is 1.72. The lowest BCUT2D eigenvalue weighted by Crippen LogP contribution is -2.23. The molecule has 0 radical (unpaired) electrons. The SMILES string of the molecule is N#CC(=Cc1ccc(-c2ccc(C(=O)O)cc2)o1)C(=O)NCc1ccccc1. The van der Waals surface area contributed by atoms with Crippen LogP contribution in [0.4, 0.5) is 0 Å². The van der Waals surface area contributed by atoms with Gasteiger partial charge in [0.2, 0.25) is 0 Å². The number of benzene rings is 2. The molecule has 1 heterocycles. The Hall–Kier alpha value is -4.11. The van der Waals surface area contributed by atoms with Crippen molar-refractivity contribution in [2.24, 2.45) is 0 Å². The summed E-state index contributed by atoms with van der Waals surface area (Å²) >= 11 is 0. The molecule has 0 unspecified atom stereocenters. The number of amides is 1. The maximum absolute atomic E-state index is 12.2. The highest BCUT2D eigenvalue weighted by Gasteiger charge is 2.11. The van der Waals surface area contributed by atoms with Crippen LogP contribution in [-0.2, 0) is 11.3 Å². The van der Waals surface area contributed by atoms with Gasteiger partial charge in [-0.25, -0.2) is 4.79 Å². The Labute approximate surface area is 161 Å². The lowest BCUT2D eigenvalue weighted by Gasteiger charge is -2.04. The Morgan fingerprint density at radius 1 is 1.04 bits per heavy atom. The fourth-order valence-electron chi connectivity index (χ4n) is 2.53.